The molecule has 1 heterocycles. The maximum absolute atomic E-state index is 12.8. The van der Waals surface area contributed by atoms with E-state index in [-0.39, 0.29) is 22.9 Å². The number of H-pyrrole nitrogens is 1. The molecule has 4 rings (SSSR count). The molecule has 1 aromatic heterocycles. The van der Waals surface area contributed by atoms with Crippen LogP contribution >= 0.6 is 11.8 Å². The lowest BCUT2D eigenvalue weighted by Crippen LogP contribution is -2.43. The van der Waals surface area contributed by atoms with Gasteiger partial charge in [0, 0.05) is 12.6 Å². The van der Waals surface area contributed by atoms with Crippen molar-refractivity contribution >= 4 is 17.7 Å². The van der Waals surface area contributed by atoms with Crippen LogP contribution in [0.2, 0.25) is 0 Å². The Kier molecular flexibility index (Phi) is 6.13. The molecular weight excluding hydrogens is 384 g/mol. The van der Waals surface area contributed by atoms with E-state index in [1.165, 1.54) is 43.0 Å². The molecule has 7 heteroatoms. The van der Waals surface area contributed by atoms with Gasteiger partial charge < -0.3 is 5.32 Å². The van der Waals surface area contributed by atoms with Crippen LogP contribution in [0.25, 0.3) is 0 Å². The number of thioether (sulfide) groups is 1. The van der Waals surface area contributed by atoms with Gasteiger partial charge >= 0.3 is 5.69 Å². The summed E-state index contributed by atoms with van der Waals surface area (Å²) in [5, 5.41) is 10.2. The summed E-state index contributed by atoms with van der Waals surface area (Å²) in [6.07, 6.45) is 6.03. The highest BCUT2D eigenvalue weighted by Gasteiger charge is 2.42. The number of carbonyl (C=O) groups is 1. The van der Waals surface area contributed by atoms with Crippen molar-refractivity contribution in [3.8, 4) is 0 Å². The lowest BCUT2D eigenvalue weighted by Gasteiger charge is -2.29. The minimum Gasteiger partial charge on any atom is -0.352 e. The van der Waals surface area contributed by atoms with Gasteiger partial charge in [-0.3, -0.25) is 9.36 Å². The summed E-state index contributed by atoms with van der Waals surface area (Å²) < 4.78 is 1.63. The van der Waals surface area contributed by atoms with Crippen LogP contribution in [0.15, 0.2) is 40.3 Å². The molecule has 2 aromatic rings. The number of nitrogens with one attached hydrogen (secondary N) is 2. The summed E-state index contributed by atoms with van der Waals surface area (Å²) in [5.41, 5.74) is 0.938. The van der Waals surface area contributed by atoms with Crippen molar-refractivity contribution in [2.24, 2.45) is 17.8 Å². The number of benzene rings is 1. The van der Waals surface area contributed by atoms with E-state index in [0.29, 0.717) is 17.6 Å². The second kappa shape index (κ2) is 8.78. The molecule has 2 fully saturated rings. The molecule has 2 aliphatic carbocycles. The van der Waals surface area contributed by atoms with Crippen molar-refractivity contribution in [2.75, 3.05) is 0 Å². The summed E-state index contributed by atoms with van der Waals surface area (Å²) in [6.45, 7) is 4.57. The molecule has 6 nitrogen and oxygen atoms in total. The first kappa shape index (κ1) is 20.3. The first-order chi connectivity index (χ1) is 14.0. The van der Waals surface area contributed by atoms with E-state index in [4.69, 9.17) is 0 Å². The summed E-state index contributed by atoms with van der Waals surface area (Å²) in [5.74, 6) is 2.30. The maximum atomic E-state index is 12.8. The minimum atomic E-state index is -0.304. The van der Waals surface area contributed by atoms with Gasteiger partial charge in [-0.25, -0.2) is 9.89 Å². The van der Waals surface area contributed by atoms with Gasteiger partial charge in [-0.15, -0.1) is 5.10 Å². The Morgan fingerprint density at radius 2 is 2.07 bits per heavy atom. The Balaban J connectivity index is 1.33. The van der Waals surface area contributed by atoms with Crippen LogP contribution in [0.4, 0.5) is 0 Å². The van der Waals surface area contributed by atoms with Crippen LogP contribution in [0.1, 0.15) is 45.1 Å². The third-order valence-electron chi connectivity index (χ3n) is 6.65. The van der Waals surface area contributed by atoms with Gasteiger partial charge in [-0.2, -0.15) is 0 Å². The van der Waals surface area contributed by atoms with Gasteiger partial charge in [-0.05, 0) is 62.8 Å². The lowest BCUT2D eigenvalue weighted by molar-refractivity contribution is -0.121. The zero-order chi connectivity index (χ0) is 20.4. The Morgan fingerprint density at radius 3 is 2.76 bits per heavy atom. The van der Waals surface area contributed by atoms with E-state index in [9.17, 15) is 9.59 Å². The number of aromatic nitrogens is 3. The molecule has 1 amide bonds. The highest BCUT2D eigenvalue weighted by atomic mass is 32.2. The highest BCUT2D eigenvalue weighted by molar-refractivity contribution is 8.00. The molecule has 2 aliphatic rings. The van der Waals surface area contributed by atoms with Crippen LogP contribution in [0.5, 0.6) is 0 Å². The van der Waals surface area contributed by atoms with Crippen molar-refractivity contribution in [2.45, 2.75) is 68.9 Å². The molecule has 2 bridgehead atoms. The molecule has 0 aliphatic heterocycles. The predicted octanol–water partition coefficient (Wildman–Crippen LogP) is 3.24. The monoisotopic (exact) mass is 414 g/mol. The quantitative estimate of drug-likeness (QED) is 0.650. The largest absolute Gasteiger partial charge is 0.352 e. The number of nitrogens with zero attached hydrogens (tertiary/aromatic N) is 2. The molecule has 0 radical (unpaired) electrons. The van der Waals surface area contributed by atoms with Gasteiger partial charge in [-0.1, -0.05) is 48.5 Å². The molecule has 0 spiro atoms. The Labute approximate surface area is 175 Å². The third kappa shape index (κ3) is 4.60. The SMILES string of the molecule is C[C@H](Sc1n[nH]c(=O)n1CCc1ccccc1)C(=O)N[C@@H](C)[C@@H]1C[C@H]2CC[C@H]1C2. The predicted molar refractivity (Wildman–Crippen MR) is 115 cm³/mol. The summed E-state index contributed by atoms with van der Waals surface area (Å²) in [7, 11) is 0. The number of aryl methyl sites for hydroxylation is 1. The average molecular weight is 415 g/mol. The van der Waals surface area contributed by atoms with Crippen LogP contribution in [0, 0.1) is 17.8 Å². The van der Waals surface area contributed by atoms with Gasteiger partial charge in [0.15, 0.2) is 5.16 Å². The number of rotatable bonds is 8. The molecule has 156 valence electrons. The van der Waals surface area contributed by atoms with Gasteiger partial charge in [0.25, 0.3) is 0 Å². The molecule has 29 heavy (non-hydrogen) atoms. The smallest absolute Gasteiger partial charge is 0.343 e. The van der Waals surface area contributed by atoms with E-state index < -0.39 is 0 Å². The Morgan fingerprint density at radius 1 is 1.28 bits per heavy atom. The molecule has 2 saturated carbocycles. The van der Waals surface area contributed by atoms with E-state index >= 15 is 0 Å². The van der Waals surface area contributed by atoms with E-state index in [2.05, 4.69) is 22.4 Å². The van der Waals surface area contributed by atoms with Gasteiger partial charge in [0.2, 0.25) is 5.91 Å². The number of hydrogen-bond donors (Lipinski definition) is 2. The van der Waals surface area contributed by atoms with Crippen LogP contribution in [-0.4, -0.2) is 32.0 Å². The molecule has 5 atom stereocenters. The molecule has 0 unspecified atom stereocenters. The van der Waals surface area contributed by atoms with Gasteiger partial charge in [0.1, 0.15) is 0 Å². The second-order valence-electron chi connectivity index (χ2n) is 8.59. The molecule has 2 N–H and O–H groups in total. The average Bonchev–Trinajstić information content (AvgIpc) is 3.44. The van der Waals surface area contributed by atoms with Crippen LogP contribution in [-0.2, 0) is 17.8 Å². The summed E-state index contributed by atoms with van der Waals surface area (Å²) >= 11 is 1.34. The maximum Gasteiger partial charge on any atom is 0.343 e. The summed E-state index contributed by atoms with van der Waals surface area (Å²) in [4.78, 5) is 24.9. The second-order valence-corrected chi connectivity index (χ2v) is 9.90. The number of carbonyl (C=O) groups excluding carboxylic acids is 1. The van der Waals surface area contributed by atoms with E-state index in [0.717, 1.165) is 18.3 Å². The van der Waals surface area contributed by atoms with E-state index in [1.807, 2.05) is 37.3 Å². The fourth-order valence-corrected chi connectivity index (χ4v) is 5.93. The number of fused-ring (bicyclic) bond motifs is 2. The van der Waals surface area contributed by atoms with Gasteiger partial charge in [0.05, 0.1) is 5.25 Å². The highest BCUT2D eigenvalue weighted by Crippen LogP contribution is 2.49. The number of amides is 1. The Hall–Kier alpha value is -2.02. The van der Waals surface area contributed by atoms with E-state index in [1.54, 1.807) is 4.57 Å². The third-order valence-corrected chi connectivity index (χ3v) is 7.74. The van der Waals surface area contributed by atoms with Crippen molar-refractivity contribution < 1.29 is 4.79 Å². The van der Waals surface area contributed by atoms with Crippen LogP contribution < -0.4 is 11.0 Å². The minimum absolute atomic E-state index is 0.0235. The van der Waals surface area contributed by atoms with Crippen LogP contribution in [0.3, 0.4) is 0 Å². The lowest BCUT2D eigenvalue weighted by atomic mass is 9.84. The number of aromatic amines is 1. The molecule has 1 aromatic carbocycles. The van der Waals surface area contributed by atoms with Crippen molar-refractivity contribution in [3.05, 3.63) is 46.4 Å². The number of hydrogen-bond acceptors (Lipinski definition) is 4. The topological polar surface area (TPSA) is 79.8 Å². The summed E-state index contributed by atoms with van der Waals surface area (Å²) in [6, 6.07) is 10.3. The standard InChI is InChI=1S/C22H30N4O2S/c1-14(19-13-17-8-9-18(19)12-17)23-20(27)15(2)29-22-25-24-21(28)26(22)11-10-16-6-4-3-5-7-16/h3-7,14-15,17-19H,8-13H2,1-2H3,(H,23,27)(H,24,28)/t14-,15-,17-,18-,19-/m0/s1. The zero-order valence-corrected chi connectivity index (χ0v) is 18.0. The Bertz CT molecular complexity index is 894. The first-order valence-electron chi connectivity index (χ1n) is 10.7. The first-order valence-corrected chi connectivity index (χ1v) is 11.6. The van der Waals surface area contributed by atoms with Crippen molar-refractivity contribution in [3.63, 3.8) is 0 Å². The molecule has 0 saturated heterocycles. The molecular formula is C22H30N4O2S. The normalized spacial score (nSPS) is 25.1. The fraction of sp³-hybridized carbons (Fsp3) is 0.591. The zero-order valence-electron chi connectivity index (χ0n) is 17.1. The van der Waals surface area contributed by atoms with Crippen molar-refractivity contribution in [1.29, 1.82) is 0 Å². The van der Waals surface area contributed by atoms with Crippen molar-refractivity contribution in [1.82, 2.24) is 20.1 Å². The fourth-order valence-electron chi connectivity index (χ4n) is 5.04.